The van der Waals surface area contributed by atoms with Crippen molar-refractivity contribution < 1.29 is 29.3 Å². The maximum Gasteiger partial charge on any atom is 0.325 e. The first-order valence-corrected chi connectivity index (χ1v) is 11.3. The largest absolute Gasteiger partial charge is 0.495 e. The molecule has 1 fully saturated rings. The number of aromatic nitrogens is 1. The number of nitrogens with zero attached hydrogens (tertiary/aromatic N) is 2. The molecule has 10 nitrogen and oxygen atoms in total. The summed E-state index contributed by atoms with van der Waals surface area (Å²) in [6, 6.07) is 12.1. The second kappa shape index (κ2) is 10.5. The third-order valence-electron chi connectivity index (χ3n) is 6.20. The number of carboxylic acid groups (broad SMARTS) is 2. The topological polar surface area (TPSA) is 135 Å². The summed E-state index contributed by atoms with van der Waals surface area (Å²) in [5, 5.41) is 22.3. The molecule has 35 heavy (non-hydrogen) atoms. The van der Waals surface area contributed by atoms with Crippen LogP contribution in [0.2, 0.25) is 0 Å². The number of anilines is 2. The molecule has 184 valence electrons. The van der Waals surface area contributed by atoms with Gasteiger partial charge in [0.15, 0.2) is 0 Å². The zero-order valence-electron chi connectivity index (χ0n) is 19.4. The van der Waals surface area contributed by atoms with Crippen LogP contribution in [0.5, 0.6) is 5.75 Å². The van der Waals surface area contributed by atoms with Crippen LogP contribution in [0, 0.1) is 0 Å². The number of aromatic amines is 1. The van der Waals surface area contributed by atoms with Crippen LogP contribution < -0.4 is 15.0 Å². The lowest BCUT2D eigenvalue weighted by atomic mass is 10.0. The maximum absolute atomic E-state index is 12.4. The van der Waals surface area contributed by atoms with Crippen LogP contribution in [0.25, 0.3) is 10.9 Å². The normalized spacial score (nSPS) is 15.1. The molecule has 10 heteroatoms. The van der Waals surface area contributed by atoms with Gasteiger partial charge in [-0.05, 0) is 30.3 Å². The highest BCUT2D eigenvalue weighted by Crippen LogP contribution is 2.33. The van der Waals surface area contributed by atoms with Crippen LogP contribution in [0.1, 0.15) is 24.4 Å². The Bertz CT molecular complexity index is 1230. The van der Waals surface area contributed by atoms with E-state index >= 15 is 0 Å². The fourth-order valence-corrected chi connectivity index (χ4v) is 4.49. The van der Waals surface area contributed by atoms with Gasteiger partial charge in [-0.25, -0.2) is 0 Å². The van der Waals surface area contributed by atoms with Gasteiger partial charge in [0.05, 0.1) is 19.2 Å². The number of rotatable bonds is 9. The third-order valence-corrected chi connectivity index (χ3v) is 6.20. The Morgan fingerprint density at radius 3 is 2.49 bits per heavy atom. The summed E-state index contributed by atoms with van der Waals surface area (Å²) < 4.78 is 5.47. The number of para-hydroxylation sites is 2. The summed E-state index contributed by atoms with van der Waals surface area (Å²) in [4.78, 5) is 42.4. The molecule has 0 bridgehead atoms. The minimum Gasteiger partial charge on any atom is -0.495 e. The molecule has 0 radical (unpaired) electrons. The molecule has 0 unspecified atom stereocenters. The first-order valence-electron chi connectivity index (χ1n) is 11.3. The van der Waals surface area contributed by atoms with Crippen molar-refractivity contribution in [2.24, 2.45) is 0 Å². The molecule has 1 aliphatic heterocycles. The summed E-state index contributed by atoms with van der Waals surface area (Å²) in [5.74, 6) is -1.62. The molecule has 3 aromatic rings. The van der Waals surface area contributed by atoms with Gasteiger partial charge in [0.25, 0.3) is 0 Å². The first-order chi connectivity index (χ1) is 16.9. The standard InChI is InChI=1S/C25H28N4O6/c1-35-21-5-3-2-4-20(21)28-10-12-29(13-11-28)24(25(33)34)18-15-26-19-7-6-16(14-17(18)19)27-22(30)8-9-23(31)32/h2-7,14-15,24,26H,8-13H2,1H3,(H,27,30)(H,31,32)(H,33,34)/t24-/m1/s1. The molecule has 1 aliphatic rings. The number of carbonyl (C=O) groups is 3. The number of carbonyl (C=O) groups excluding carboxylic acids is 1. The fraction of sp³-hybridized carbons (Fsp3) is 0.320. The molecule has 4 N–H and O–H groups in total. The number of hydrogen-bond donors (Lipinski definition) is 4. The Morgan fingerprint density at radius 2 is 1.80 bits per heavy atom. The minimum absolute atomic E-state index is 0.137. The Morgan fingerprint density at radius 1 is 1.06 bits per heavy atom. The van der Waals surface area contributed by atoms with E-state index in [0.717, 1.165) is 17.0 Å². The molecule has 1 amide bonds. The van der Waals surface area contributed by atoms with Crippen molar-refractivity contribution in [3.63, 3.8) is 0 Å². The second-order valence-electron chi connectivity index (χ2n) is 8.38. The van der Waals surface area contributed by atoms with Gasteiger partial charge in [-0.15, -0.1) is 0 Å². The van der Waals surface area contributed by atoms with Gasteiger partial charge < -0.3 is 30.2 Å². The number of nitrogens with one attached hydrogen (secondary N) is 2. The lowest BCUT2D eigenvalue weighted by Gasteiger charge is -2.39. The molecule has 1 atom stereocenters. The molecule has 2 aromatic carbocycles. The summed E-state index contributed by atoms with van der Waals surface area (Å²) >= 11 is 0. The van der Waals surface area contributed by atoms with E-state index in [4.69, 9.17) is 9.84 Å². The monoisotopic (exact) mass is 480 g/mol. The van der Waals surface area contributed by atoms with Crippen molar-refractivity contribution in [1.82, 2.24) is 9.88 Å². The van der Waals surface area contributed by atoms with Crippen molar-refractivity contribution in [2.75, 3.05) is 43.5 Å². The average Bonchev–Trinajstić information content (AvgIpc) is 3.26. The van der Waals surface area contributed by atoms with Crippen LogP contribution in [0.4, 0.5) is 11.4 Å². The second-order valence-corrected chi connectivity index (χ2v) is 8.38. The number of fused-ring (bicyclic) bond motifs is 1. The molecular formula is C25H28N4O6. The number of hydrogen-bond acceptors (Lipinski definition) is 6. The van der Waals surface area contributed by atoms with E-state index in [1.165, 1.54) is 0 Å². The molecule has 2 heterocycles. The predicted octanol–water partition coefficient (Wildman–Crippen LogP) is 2.93. The quantitative estimate of drug-likeness (QED) is 0.367. The Kier molecular flexibility index (Phi) is 7.21. The third kappa shape index (κ3) is 5.38. The van der Waals surface area contributed by atoms with Gasteiger partial charge in [0.2, 0.25) is 5.91 Å². The van der Waals surface area contributed by atoms with Crippen molar-refractivity contribution in [3.8, 4) is 5.75 Å². The van der Waals surface area contributed by atoms with Crippen LogP contribution in [0.15, 0.2) is 48.7 Å². The van der Waals surface area contributed by atoms with Gasteiger partial charge in [0, 0.05) is 61.0 Å². The number of ether oxygens (including phenoxy) is 1. The van der Waals surface area contributed by atoms with Crippen molar-refractivity contribution in [2.45, 2.75) is 18.9 Å². The van der Waals surface area contributed by atoms with E-state index < -0.39 is 23.9 Å². The zero-order chi connectivity index (χ0) is 24.9. The highest BCUT2D eigenvalue weighted by atomic mass is 16.5. The molecule has 1 aromatic heterocycles. The van der Waals surface area contributed by atoms with E-state index in [0.29, 0.717) is 42.8 Å². The van der Waals surface area contributed by atoms with Crippen molar-refractivity contribution in [1.29, 1.82) is 0 Å². The maximum atomic E-state index is 12.4. The summed E-state index contributed by atoms with van der Waals surface area (Å²) in [6.45, 7) is 2.40. The lowest BCUT2D eigenvalue weighted by Crippen LogP contribution is -2.49. The number of aliphatic carboxylic acids is 2. The Hall–Kier alpha value is -4.05. The predicted molar refractivity (Wildman–Crippen MR) is 131 cm³/mol. The van der Waals surface area contributed by atoms with Crippen LogP contribution >= 0.6 is 0 Å². The number of piperazine rings is 1. The summed E-state index contributed by atoms with van der Waals surface area (Å²) in [5.41, 5.74) is 2.83. The molecule has 0 aliphatic carbocycles. The van der Waals surface area contributed by atoms with E-state index in [2.05, 4.69) is 15.2 Å². The van der Waals surface area contributed by atoms with Gasteiger partial charge >= 0.3 is 11.9 Å². The number of methoxy groups -OCH3 is 1. The molecular weight excluding hydrogens is 452 g/mol. The number of carboxylic acids is 2. The van der Waals surface area contributed by atoms with E-state index in [1.54, 1.807) is 31.5 Å². The van der Waals surface area contributed by atoms with Crippen LogP contribution in [-0.4, -0.2) is 71.2 Å². The molecule has 0 spiro atoms. The summed E-state index contributed by atoms with van der Waals surface area (Å²) in [7, 11) is 1.63. The molecule has 0 saturated carbocycles. The first kappa shape index (κ1) is 24.1. The average molecular weight is 481 g/mol. The zero-order valence-corrected chi connectivity index (χ0v) is 19.4. The van der Waals surface area contributed by atoms with E-state index in [-0.39, 0.29) is 12.8 Å². The highest BCUT2D eigenvalue weighted by molar-refractivity contribution is 5.96. The van der Waals surface area contributed by atoms with Gasteiger partial charge in [-0.1, -0.05) is 12.1 Å². The minimum atomic E-state index is -1.04. The van der Waals surface area contributed by atoms with Gasteiger partial charge in [-0.3, -0.25) is 19.3 Å². The number of H-pyrrole nitrogens is 1. The fourth-order valence-electron chi connectivity index (χ4n) is 4.49. The highest BCUT2D eigenvalue weighted by Gasteiger charge is 2.32. The summed E-state index contributed by atoms with van der Waals surface area (Å²) in [6.07, 6.45) is 1.30. The van der Waals surface area contributed by atoms with Crippen LogP contribution in [0.3, 0.4) is 0 Å². The SMILES string of the molecule is COc1ccccc1N1CCN([C@@H](C(=O)O)c2c[nH]c3ccc(NC(=O)CCC(=O)O)cc23)CC1. The van der Waals surface area contributed by atoms with Crippen molar-refractivity contribution in [3.05, 3.63) is 54.2 Å². The molecule has 1 saturated heterocycles. The smallest absolute Gasteiger partial charge is 0.325 e. The van der Waals surface area contributed by atoms with E-state index in [9.17, 15) is 19.5 Å². The Labute approximate surface area is 202 Å². The van der Waals surface area contributed by atoms with Crippen molar-refractivity contribution >= 4 is 40.1 Å². The number of amides is 1. The van der Waals surface area contributed by atoms with Gasteiger partial charge in [0.1, 0.15) is 11.8 Å². The van der Waals surface area contributed by atoms with E-state index in [1.807, 2.05) is 29.2 Å². The number of benzene rings is 2. The van der Waals surface area contributed by atoms with Gasteiger partial charge in [-0.2, -0.15) is 0 Å². The van der Waals surface area contributed by atoms with Crippen LogP contribution in [-0.2, 0) is 14.4 Å². The Balaban J connectivity index is 1.52. The molecule has 4 rings (SSSR count). The lowest BCUT2D eigenvalue weighted by molar-refractivity contribution is -0.143.